The van der Waals surface area contributed by atoms with Crippen LogP contribution in [0.1, 0.15) is 24.0 Å². The zero-order valence-electron chi connectivity index (χ0n) is 17.8. The van der Waals surface area contributed by atoms with E-state index in [4.69, 9.17) is 5.73 Å². The number of hydrogen-bond donors (Lipinski definition) is 3. The zero-order chi connectivity index (χ0) is 22.9. The summed E-state index contributed by atoms with van der Waals surface area (Å²) in [6.07, 6.45) is 1.46. The van der Waals surface area contributed by atoms with Crippen LogP contribution < -0.4 is 16.4 Å². The van der Waals surface area contributed by atoms with Gasteiger partial charge in [0.05, 0.1) is 13.0 Å². The van der Waals surface area contributed by atoms with E-state index in [-0.39, 0.29) is 25.3 Å². The van der Waals surface area contributed by atoms with Crippen molar-refractivity contribution < 1.29 is 19.2 Å². The summed E-state index contributed by atoms with van der Waals surface area (Å²) >= 11 is 0. The molecule has 0 saturated carbocycles. The molecule has 32 heavy (non-hydrogen) atoms. The number of carbonyl (C=O) groups is 4. The molecular weight excluding hydrogens is 408 g/mol. The third kappa shape index (κ3) is 6.24. The van der Waals surface area contributed by atoms with E-state index in [1.165, 1.54) is 4.90 Å². The van der Waals surface area contributed by atoms with Gasteiger partial charge in [0, 0.05) is 13.0 Å². The first-order chi connectivity index (χ1) is 15.5. The summed E-state index contributed by atoms with van der Waals surface area (Å²) < 4.78 is 0. The lowest BCUT2D eigenvalue weighted by Crippen LogP contribution is -2.55. The standard InChI is InChI=1S/C24H28N4O4/c25-16-22(30)26-19(14-17-8-3-1-4-9-17)24(32)28-13-7-12-20(28)23(31)27-21(29)15-18-10-5-2-6-11-18/h1-6,8-11,19-20H,7,12-16,25H2,(H,26,30)(H,27,29,31)/t19-,20-/m0/s1. The average molecular weight is 437 g/mol. The van der Waals surface area contributed by atoms with Crippen LogP contribution in [-0.2, 0) is 32.0 Å². The Hall–Kier alpha value is -3.52. The van der Waals surface area contributed by atoms with Crippen molar-refractivity contribution >= 4 is 23.6 Å². The molecule has 2 aromatic rings. The van der Waals surface area contributed by atoms with Crippen LogP contribution in [0, 0.1) is 0 Å². The Morgan fingerprint density at radius 3 is 2.19 bits per heavy atom. The molecule has 0 radical (unpaired) electrons. The molecule has 0 unspecified atom stereocenters. The number of likely N-dealkylation sites (tertiary alicyclic amines) is 1. The molecule has 168 valence electrons. The monoisotopic (exact) mass is 436 g/mol. The first kappa shape index (κ1) is 23.1. The number of imide groups is 1. The first-order valence-corrected chi connectivity index (χ1v) is 10.7. The van der Waals surface area contributed by atoms with E-state index in [1.54, 1.807) is 0 Å². The highest BCUT2D eigenvalue weighted by Gasteiger charge is 2.38. The predicted molar refractivity (Wildman–Crippen MR) is 119 cm³/mol. The second-order valence-electron chi connectivity index (χ2n) is 7.78. The quantitative estimate of drug-likeness (QED) is 0.558. The summed E-state index contributed by atoms with van der Waals surface area (Å²) in [5, 5.41) is 5.09. The van der Waals surface area contributed by atoms with Crippen LogP contribution in [-0.4, -0.2) is 53.7 Å². The maximum Gasteiger partial charge on any atom is 0.249 e. The third-order valence-corrected chi connectivity index (χ3v) is 5.41. The molecule has 1 heterocycles. The average Bonchev–Trinajstić information content (AvgIpc) is 3.29. The molecule has 0 bridgehead atoms. The molecule has 0 aliphatic carbocycles. The van der Waals surface area contributed by atoms with Crippen LogP contribution in [0.3, 0.4) is 0 Å². The van der Waals surface area contributed by atoms with Gasteiger partial charge in [-0.1, -0.05) is 60.7 Å². The van der Waals surface area contributed by atoms with E-state index in [9.17, 15) is 19.2 Å². The molecule has 0 spiro atoms. The van der Waals surface area contributed by atoms with Crippen LogP contribution in [0.15, 0.2) is 60.7 Å². The highest BCUT2D eigenvalue weighted by atomic mass is 16.2. The molecule has 4 N–H and O–H groups in total. The summed E-state index contributed by atoms with van der Waals surface area (Å²) in [4.78, 5) is 51.8. The molecule has 1 fully saturated rings. The summed E-state index contributed by atoms with van der Waals surface area (Å²) in [6.45, 7) is 0.143. The fourth-order valence-corrected chi connectivity index (χ4v) is 3.85. The van der Waals surface area contributed by atoms with Gasteiger partial charge in [0.15, 0.2) is 0 Å². The number of amides is 4. The summed E-state index contributed by atoms with van der Waals surface area (Å²) in [5.41, 5.74) is 7.09. The van der Waals surface area contributed by atoms with E-state index in [0.29, 0.717) is 19.4 Å². The van der Waals surface area contributed by atoms with Crippen molar-refractivity contribution in [3.63, 3.8) is 0 Å². The Balaban J connectivity index is 1.67. The first-order valence-electron chi connectivity index (χ1n) is 10.7. The van der Waals surface area contributed by atoms with Gasteiger partial charge >= 0.3 is 0 Å². The van der Waals surface area contributed by atoms with E-state index < -0.39 is 29.8 Å². The van der Waals surface area contributed by atoms with Crippen molar-refractivity contribution in [3.05, 3.63) is 71.8 Å². The van der Waals surface area contributed by atoms with Gasteiger partial charge in [-0.25, -0.2) is 0 Å². The summed E-state index contributed by atoms with van der Waals surface area (Å²) in [6, 6.07) is 16.8. The van der Waals surface area contributed by atoms with Gasteiger partial charge in [-0.3, -0.25) is 24.5 Å². The van der Waals surface area contributed by atoms with Gasteiger partial charge in [-0.15, -0.1) is 0 Å². The van der Waals surface area contributed by atoms with E-state index in [1.807, 2.05) is 60.7 Å². The van der Waals surface area contributed by atoms with Gasteiger partial charge in [0.2, 0.25) is 23.6 Å². The molecule has 1 aliphatic rings. The topological polar surface area (TPSA) is 122 Å². The van der Waals surface area contributed by atoms with Gasteiger partial charge in [-0.2, -0.15) is 0 Å². The van der Waals surface area contributed by atoms with Crippen LogP contribution in [0.25, 0.3) is 0 Å². The van der Waals surface area contributed by atoms with Crippen LogP contribution in [0.2, 0.25) is 0 Å². The van der Waals surface area contributed by atoms with Crippen molar-refractivity contribution in [2.24, 2.45) is 5.73 Å². The molecule has 0 aromatic heterocycles. The number of rotatable bonds is 8. The Bertz CT molecular complexity index is 949. The molecule has 8 nitrogen and oxygen atoms in total. The predicted octanol–water partition coefficient (Wildman–Crippen LogP) is 0.549. The second kappa shape index (κ2) is 11.2. The Labute approximate surface area is 187 Å². The maximum atomic E-state index is 13.3. The highest BCUT2D eigenvalue weighted by molar-refractivity contribution is 6.00. The second-order valence-corrected chi connectivity index (χ2v) is 7.78. The molecular formula is C24H28N4O4. The molecule has 4 amide bonds. The number of nitrogens with one attached hydrogen (secondary N) is 2. The Morgan fingerprint density at radius 1 is 0.938 bits per heavy atom. The molecule has 2 aromatic carbocycles. The van der Waals surface area contributed by atoms with E-state index in [0.717, 1.165) is 11.1 Å². The van der Waals surface area contributed by atoms with Crippen molar-refractivity contribution in [2.45, 2.75) is 37.8 Å². The lowest BCUT2D eigenvalue weighted by molar-refractivity contribution is -0.142. The van der Waals surface area contributed by atoms with Gasteiger partial charge in [0.1, 0.15) is 12.1 Å². The van der Waals surface area contributed by atoms with Crippen molar-refractivity contribution in [1.29, 1.82) is 0 Å². The van der Waals surface area contributed by atoms with E-state index >= 15 is 0 Å². The Morgan fingerprint density at radius 2 is 1.56 bits per heavy atom. The molecule has 1 aliphatic heterocycles. The maximum absolute atomic E-state index is 13.3. The Kier molecular flexibility index (Phi) is 8.10. The van der Waals surface area contributed by atoms with Crippen LogP contribution in [0.5, 0.6) is 0 Å². The number of carbonyl (C=O) groups excluding carboxylic acids is 4. The fraction of sp³-hybridized carbons (Fsp3) is 0.333. The summed E-state index contributed by atoms with van der Waals surface area (Å²) in [5.74, 6) is -1.72. The summed E-state index contributed by atoms with van der Waals surface area (Å²) in [7, 11) is 0. The normalized spacial score (nSPS) is 16.3. The number of nitrogens with two attached hydrogens (primary N) is 1. The third-order valence-electron chi connectivity index (χ3n) is 5.41. The SMILES string of the molecule is NCC(=O)N[C@@H](Cc1ccccc1)C(=O)N1CCC[C@H]1C(=O)NC(=O)Cc1ccccc1. The van der Waals surface area contributed by atoms with Gasteiger partial charge < -0.3 is 16.0 Å². The fourth-order valence-electron chi connectivity index (χ4n) is 3.85. The zero-order valence-corrected chi connectivity index (χ0v) is 17.8. The largest absolute Gasteiger partial charge is 0.343 e. The molecule has 8 heteroatoms. The minimum absolute atomic E-state index is 0.0798. The molecule has 2 atom stereocenters. The minimum atomic E-state index is -0.845. The van der Waals surface area contributed by atoms with Crippen molar-refractivity contribution in [1.82, 2.24) is 15.5 Å². The van der Waals surface area contributed by atoms with Crippen LogP contribution in [0.4, 0.5) is 0 Å². The molecule has 1 saturated heterocycles. The number of nitrogens with zero attached hydrogens (tertiary/aromatic N) is 1. The molecule has 3 rings (SSSR count). The van der Waals surface area contributed by atoms with Crippen molar-refractivity contribution in [2.75, 3.05) is 13.1 Å². The number of benzene rings is 2. The van der Waals surface area contributed by atoms with Crippen LogP contribution >= 0.6 is 0 Å². The minimum Gasteiger partial charge on any atom is -0.343 e. The highest BCUT2D eigenvalue weighted by Crippen LogP contribution is 2.20. The van der Waals surface area contributed by atoms with Gasteiger partial charge in [0.25, 0.3) is 0 Å². The van der Waals surface area contributed by atoms with Crippen molar-refractivity contribution in [3.8, 4) is 0 Å². The lowest BCUT2D eigenvalue weighted by Gasteiger charge is -2.28. The van der Waals surface area contributed by atoms with E-state index in [2.05, 4.69) is 10.6 Å². The lowest BCUT2D eigenvalue weighted by atomic mass is 10.0. The smallest absolute Gasteiger partial charge is 0.249 e. The van der Waals surface area contributed by atoms with Gasteiger partial charge in [-0.05, 0) is 24.0 Å². The number of hydrogen-bond acceptors (Lipinski definition) is 5.